The number of carbonyl (C=O) groups excluding carboxylic acids is 2. The summed E-state index contributed by atoms with van der Waals surface area (Å²) in [6.45, 7) is 0. The molecule has 5 heteroatoms. The first-order chi connectivity index (χ1) is 11.4. The molecule has 0 aliphatic heterocycles. The minimum atomic E-state index is -0.452. The van der Waals surface area contributed by atoms with Gasteiger partial charge in [-0.1, -0.05) is 40.2 Å². The third-order valence-electron chi connectivity index (χ3n) is 3.11. The molecule has 0 saturated carbocycles. The first-order valence-corrected chi connectivity index (χ1v) is 7.89. The Morgan fingerprint density at radius 2 is 1.62 bits per heavy atom. The minimum Gasteiger partial charge on any atom is -0.508 e. The van der Waals surface area contributed by atoms with Crippen LogP contribution in [0.5, 0.6) is 5.75 Å². The number of hydrogen-bond acceptors (Lipinski definition) is 3. The normalized spacial score (nSPS) is 11.2. The highest BCUT2D eigenvalue weighted by Crippen LogP contribution is 2.16. The minimum absolute atomic E-state index is 0.138. The van der Waals surface area contributed by atoms with Gasteiger partial charge in [0, 0.05) is 10.0 Å². The van der Waals surface area contributed by atoms with Gasteiger partial charge < -0.3 is 5.11 Å². The summed E-state index contributed by atoms with van der Waals surface area (Å²) in [7, 11) is 0. The molecule has 122 valence electrons. The summed E-state index contributed by atoms with van der Waals surface area (Å²) < 4.78 is 14.2. The van der Waals surface area contributed by atoms with Gasteiger partial charge in [0.2, 0.25) is 0 Å². The van der Waals surface area contributed by atoms with Crippen molar-refractivity contribution in [3.05, 3.63) is 76.0 Å². The van der Waals surface area contributed by atoms with E-state index in [0.29, 0.717) is 4.47 Å². The number of hydrogen-bond donors (Lipinski definition) is 1. The van der Waals surface area contributed by atoms with E-state index in [-0.39, 0.29) is 23.5 Å². The van der Waals surface area contributed by atoms with Gasteiger partial charge in [-0.2, -0.15) is 0 Å². The van der Waals surface area contributed by atoms with Crippen molar-refractivity contribution in [3.63, 3.8) is 0 Å². The Hall–Kier alpha value is -2.53. The van der Waals surface area contributed by atoms with Crippen LogP contribution < -0.4 is 0 Å². The van der Waals surface area contributed by atoms with Gasteiger partial charge in [-0.25, -0.2) is 4.39 Å². The number of aromatic hydroxyl groups is 1. The van der Waals surface area contributed by atoms with Crippen LogP contribution in [-0.4, -0.2) is 16.7 Å². The van der Waals surface area contributed by atoms with E-state index in [1.165, 1.54) is 42.5 Å². The van der Waals surface area contributed by atoms with E-state index < -0.39 is 11.6 Å². The van der Waals surface area contributed by atoms with Crippen molar-refractivity contribution >= 4 is 39.6 Å². The van der Waals surface area contributed by atoms with Gasteiger partial charge in [0.15, 0.2) is 11.6 Å². The Kier molecular flexibility index (Phi) is 6.21. The molecule has 2 rings (SSSR count). The van der Waals surface area contributed by atoms with Crippen LogP contribution in [0.3, 0.4) is 0 Å². The molecule has 0 bridgehead atoms. The Labute approximate surface area is 147 Å². The number of phenols is 1. The van der Waals surface area contributed by atoms with E-state index in [0.717, 1.165) is 5.56 Å². The lowest BCUT2D eigenvalue weighted by Gasteiger charge is -1.97. The Bertz CT molecular complexity index is 808. The third kappa shape index (κ3) is 5.59. The van der Waals surface area contributed by atoms with Gasteiger partial charge in [-0.15, -0.1) is 0 Å². The highest BCUT2D eigenvalue weighted by molar-refractivity contribution is 9.10. The number of halogens is 2. The monoisotopic (exact) mass is 388 g/mol. The predicted octanol–water partition coefficient (Wildman–Crippen LogP) is 4.55. The summed E-state index contributed by atoms with van der Waals surface area (Å²) in [5.41, 5.74) is 1.01. The molecule has 0 aliphatic rings. The molecule has 0 unspecified atom stereocenters. The van der Waals surface area contributed by atoms with Gasteiger partial charge in [0.05, 0.1) is 6.42 Å². The number of rotatable bonds is 6. The highest BCUT2D eigenvalue weighted by atomic mass is 79.9. The summed E-state index contributed by atoms with van der Waals surface area (Å²) in [6, 6.07) is 10.8. The molecular weight excluding hydrogens is 375 g/mol. The summed E-state index contributed by atoms with van der Waals surface area (Å²) in [6.07, 6.45) is 5.12. The fraction of sp³-hybridized carbons (Fsp3) is 0.0526. The number of benzene rings is 2. The quantitative estimate of drug-likeness (QED) is 0.583. The molecule has 2 aromatic rings. The Morgan fingerprint density at radius 3 is 2.25 bits per heavy atom. The molecule has 3 nitrogen and oxygen atoms in total. The zero-order valence-electron chi connectivity index (χ0n) is 12.6. The maximum absolute atomic E-state index is 13.6. The lowest BCUT2D eigenvalue weighted by Crippen LogP contribution is -2.02. The Balaban J connectivity index is 1.92. The van der Waals surface area contributed by atoms with E-state index in [1.807, 2.05) is 0 Å². The van der Waals surface area contributed by atoms with Crippen LogP contribution in [0.2, 0.25) is 0 Å². The van der Waals surface area contributed by atoms with E-state index >= 15 is 0 Å². The molecule has 0 heterocycles. The highest BCUT2D eigenvalue weighted by Gasteiger charge is 2.05. The van der Waals surface area contributed by atoms with Crippen molar-refractivity contribution in [2.75, 3.05) is 0 Å². The number of allylic oxidation sites excluding steroid dienone is 2. The molecule has 0 fully saturated rings. The van der Waals surface area contributed by atoms with Crippen molar-refractivity contribution in [2.24, 2.45) is 0 Å². The second-order valence-corrected chi connectivity index (χ2v) is 5.95. The Morgan fingerprint density at radius 1 is 1.00 bits per heavy atom. The van der Waals surface area contributed by atoms with Crippen LogP contribution in [-0.2, 0) is 9.59 Å². The van der Waals surface area contributed by atoms with Crippen LogP contribution >= 0.6 is 15.9 Å². The van der Waals surface area contributed by atoms with E-state index in [4.69, 9.17) is 5.11 Å². The summed E-state index contributed by atoms with van der Waals surface area (Å²) in [5.74, 6) is -1.07. The van der Waals surface area contributed by atoms with E-state index in [9.17, 15) is 14.0 Å². The second kappa shape index (κ2) is 8.36. The molecule has 0 radical (unpaired) electrons. The van der Waals surface area contributed by atoms with Gasteiger partial charge in [0.25, 0.3) is 0 Å². The van der Waals surface area contributed by atoms with E-state index in [1.54, 1.807) is 24.3 Å². The van der Waals surface area contributed by atoms with Crippen LogP contribution in [0.15, 0.2) is 59.1 Å². The smallest absolute Gasteiger partial charge is 0.163 e. The maximum atomic E-state index is 13.6. The number of phenolic OH excluding ortho intramolecular Hbond substituents is 1. The molecule has 0 atom stereocenters. The lowest BCUT2D eigenvalue weighted by molar-refractivity contribution is -0.121. The maximum Gasteiger partial charge on any atom is 0.163 e. The molecule has 0 aliphatic carbocycles. The SMILES string of the molecule is O=C(C=Cc1ccc(O)cc1)CC(=O)C=Cc1ccc(Br)cc1F. The summed E-state index contributed by atoms with van der Waals surface area (Å²) in [4.78, 5) is 23.5. The molecule has 0 amide bonds. The van der Waals surface area contributed by atoms with Crippen molar-refractivity contribution < 1.29 is 19.1 Å². The standard InChI is InChI=1S/C19H14BrFO3/c20-15-6-4-14(19(21)11-15)5-10-18(24)12-17(23)9-3-13-1-7-16(22)8-2-13/h1-11,22H,12H2. The van der Waals surface area contributed by atoms with Crippen LogP contribution in [0.1, 0.15) is 17.5 Å². The molecule has 2 aromatic carbocycles. The van der Waals surface area contributed by atoms with Crippen LogP contribution in [0.25, 0.3) is 12.2 Å². The van der Waals surface area contributed by atoms with Gasteiger partial charge >= 0.3 is 0 Å². The zero-order valence-corrected chi connectivity index (χ0v) is 14.2. The third-order valence-corrected chi connectivity index (χ3v) is 3.61. The van der Waals surface area contributed by atoms with Crippen LogP contribution in [0, 0.1) is 5.82 Å². The van der Waals surface area contributed by atoms with Crippen molar-refractivity contribution in [3.8, 4) is 5.75 Å². The van der Waals surface area contributed by atoms with Crippen LogP contribution in [0.4, 0.5) is 4.39 Å². The van der Waals surface area contributed by atoms with Crippen molar-refractivity contribution in [1.82, 2.24) is 0 Å². The fourth-order valence-corrected chi connectivity index (χ4v) is 2.22. The second-order valence-electron chi connectivity index (χ2n) is 5.03. The predicted molar refractivity (Wildman–Crippen MR) is 94.9 cm³/mol. The molecule has 24 heavy (non-hydrogen) atoms. The molecule has 0 saturated heterocycles. The molecule has 0 aromatic heterocycles. The van der Waals surface area contributed by atoms with Gasteiger partial charge in [-0.3, -0.25) is 9.59 Å². The average molecular weight is 389 g/mol. The first kappa shape index (κ1) is 17.8. The first-order valence-electron chi connectivity index (χ1n) is 7.10. The lowest BCUT2D eigenvalue weighted by atomic mass is 10.1. The fourth-order valence-electron chi connectivity index (χ4n) is 1.88. The number of ketones is 2. The molecule has 0 spiro atoms. The van der Waals surface area contributed by atoms with Gasteiger partial charge in [0.1, 0.15) is 11.6 Å². The van der Waals surface area contributed by atoms with Gasteiger partial charge in [-0.05, 0) is 48.1 Å². The summed E-state index contributed by atoms with van der Waals surface area (Å²) in [5, 5.41) is 9.17. The topological polar surface area (TPSA) is 54.4 Å². The van der Waals surface area contributed by atoms with Crippen molar-refractivity contribution in [2.45, 2.75) is 6.42 Å². The summed E-state index contributed by atoms with van der Waals surface area (Å²) >= 11 is 3.15. The largest absolute Gasteiger partial charge is 0.508 e. The number of carbonyl (C=O) groups is 2. The van der Waals surface area contributed by atoms with Crippen molar-refractivity contribution in [1.29, 1.82) is 0 Å². The molecular formula is C19H14BrFO3. The van der Waals surface area contributed by atoms with E-state index in [2.05, 4.69) is 15.9 Å². The zero-order chi connectivity index (χ0) is 17.5. The average Bonchev–Trinajstić information content (AvgIpc) is 2.53. The molecule has 1 N–H and O–H groups in total.